The van der Waals surface area contributed by atoms with Gasteiger partial charge >= 0.3 is 0 Å². The van der Waals surface area contributed by atoms with Crippen molar-refractivity contribution in [1.82, 2.24) is 35.1 Å². The predicted octanol–water partition coefficient (Wildman–Crippen LogP) is 4.66. The fourth-order valence-electron chi connectivity index (χ4n) is 4.04. The lowest BCUT2D eigenvalue weighted by Crippen LogP contribution is -1.97. The molecule has 35 heavy (non-hydrogen) atoms. The van der Waals surface area contributed by atoms with Crippen molar-refractivity contribution in [2.24, 2.45) is 5.73 Å². The Hall–Kier alpha value is -4.82. The number of hydrogen-bond acceptors (Lipinski definition) is 7. The molecular weight excluding hydrogens is 436 g/mol. The normalized spacial score (nSPS) is 11.1. The van der Waals surface area contributed by atoms with Crippen molar-refractivity contribution in [2.75, 3.05) is 0 Å². The summed E-state index contributed by atoms with van der Waals surface area (Å²) < 4.78 is 0. The number of benzene rings is 2. The molecule has 0 saturated heterocycles. The van der Waals surface area contributed by atoms with Gasteiger partial charge in [-0.2, -0.15) is 5.10 Å². The third-order valence-electron chi connectivity index (χ3n) is 5.79. The number of aromatic nitrogens is 7. The Morgan fingerprint density at radius 2 is 1.63 bits per heavy atom. The average Bonchev–Trinajstić information content (AvgIpc) is 3.43. The zero-order chi connectivity index (χ0) is 23.6. The Kier molecular flexibility index (Phi) is 5.25. The summed E-state index contributed by atoms with van der Waals surface area (Å²) in [5, 5.41) is 8.19. The van der Waals surface area contributed by atoms with Crippen molar-refractivity contribution in [3.63, 3.8) is 0 Å². The largest absolute Gasteiger partial charge is 0.326 e. The number of fused-ring (bicyclic) bond motifs is 1. The van der Waals surface area contributed by atoms with Gasteiger partial charge in [0.15, 0.2) is 5.82 Å². The molecule has 0 atom stereocenters. The van der Waals surface area contributed by atoms with E-state index >= 15 is 0 Å². The summed E-state index contributed by atoms with van der Waals surface area (Å²) in [6.45, 7) is 0.500. The number of hydrogen-bond donors (Lipinski definition) is 2. The van der Waals surface area contributed by atoms with Crippen LogP contribution in [-0.2, 0) is 6.54 Å². The number of rotatable bonds is 5. The second kappa shape index (κ2) is 8.85. The Balaban J connectivity index is 1.54. The topological polar surface area (TPSA) is 119 Å². The monoisotopic (exact) mass is 456 g/mol. The number of nitrogens with two attached hydrogens (primary N) is 1. The van der Waals surface area contributed by atoms with E-state index in [0.717, 1.165) is 38.9 Å². The zero-order valence-corrected chi connectivity index (χ0v) is 18.6. The standard InChI is InChI=1S/C27H20N8/c28-15-17-6-8-19(9-7-17)24-20(18-4-2-1-3-5-18)14-21-22(32-24)10-11-31-25(21)27-33-26(34-35-27)23-16-29-12-13-30-23/h1-14,16H,15,28H2,(H,33,34,35). The van der Waals surface area contributed by atoms with Crippen LogP contribution in [-0.4, -0.2) is 35.1 Å². The molecule has 4 aromatic heterocycles. The maximum absolute atomic E-state index is 5.80. The molecule has 0 spiro atoms. The van der Waals surface area contributed by atoms with Crippen molar-refractivity contribution < 1.29 is 0 Å². The van der Waals surface area contributed by atoms with Crippen LogP contribution in [0.3, 0.4) is 0 Å². The van der Waals surface area contributed by atoms with Crippen LogP contribution in [0, 0.1) is 0 Å². The summed E-state index contributed by atoms with van der Waals surface area (Å²) in [7, 11) is 0. The van der Waals surface area contributed by atoms with Crippen molar-refractivity contribution in [1.29, 1.82) is 0 Å². The first kappa shape index (κ1) is 20.8. The van der Waals surface area contributed by atoms with Gasteiger partial charge in [0, 0.05) is 41.6 Å². The van der Waals surface area contributed by atoms with E-state index < -0.39 is 0 Å². The maximum Gasteiger partial charge on any atom is 0.201 e. The van der Waals surface area contributed by atoms with Gasteiger partial charge in [-0.25, -0.2) is 15.0 Å². The molecule has 3 N–H and O–H groups in total. The van der Waals surface area contributed by atoms with Gasteiger partial charge in [-0.3, -0.25) is 15.1 Å². The average molecular weight is 457 g/mol. The van der Waals surface area contributed by atoms with Crippen LogP contribution in [0.25, 0.3) is 56.3 Å². The van der Waals surface area contributed by atoms with Gasteiger partial charge in [0.25, 0.3) is 0 Å². The molecule has 168 valence electrons. The van der Waals surface area contributed by atoms with Crippen molar-refractivity contribution in [3.8, 4) is 45.4 Å². The van der Waals surface area contributed by atoms with E-state index in [0.29, 0.717) is 29.6 Å². The lowest BCUT2D eigenvalue weighted by molar-refractivity contribution is 1.07. The molecule has 6 aromatic rings. The third kappa shape index (κ3) is 3.92. The number of nitrogens with zero attached hydrogens (tertiary/aromatic N) is 6. The number of H-pyrrole nitrogens is 1. The molecule has 8 nitrogen and oxygen atoms in total. The lowest BCUT2D eigenvalue weighted by Gasteiger charge is -2.13. The predicted molar refractivity (Wildman–Crippen MR) is 135 cm³/mol. The quantitative estimate of drug-likeness (QED) is 0.387. The maximum atomic E-state index is 5.80. The van der Waals surface area contributed by atoms with Gasteiger partial charge in [0.2, 0.25) is 5.82 Å². The first-order chi connectivity index (χ1) is 17.3. The van der Waals surface area contributed by atoms with Gasteiger partial charge in [-0.05, 0) is 23.3 Å². The van der Waals surface area contributed by atoms with Gasteiger partial charge in [-0.15, -0.1) is 0 Å². The van der Waals surface area contributed by atoms with E-state index in [4.69, 9.17) is 10.7 Å². The highest BCUT2D eigenvalue weighted by Gasteiger charge is 2.17. The van der Waals surface area contributed by atoms with E-state index in [1.165, 1.54) is 0 Å². The minimum absolute atomic E-state index is 0.458. The Morgan fingerprint density at radius 1 is 0.771 bits per heavy atom. The SMILES string of the molecule is NCc1ccc(-c2nc3ccnc(-c4nc(-c5cnccn5)n[nH]4)c3cc2-c2ccccc2)cc1. The minimum Gasteiger partial charge on any atom is -0.326 e. The van der Waals surface area contributed by atoms with Crippen molar-refractivity contribution >= 4 is 10.9 Å². The molecule has 0 aliphatic heterocycles. The second-order valence-electron chi connectivity index (χ2n) is 7.98. The number of nitrogens with one attached hydrogen (secondary N) is 1. The van der Waals surface area contributed by atoms with Crippen LogP contribution < -0.4 is 5.73 Å². The first-order valence-electron chi connectivity index (χ1n) is 11.1. The van der Waals surface area contributed by atoms with Gasteiger partial charge in [0.1, 0.15) is 11.4 Å². The van der Waals surface area contributed by atoms with E-state index in [-0.39, 0.29) is 0 Å². The number of pyridine rings is 2. The molecule has 0 aliphatic rings. The molecule has 0 radical (unpaired) electrons. The Bertz CT molecular complexity index is 1610. The molecule has 8 heteroatoms. The van der Waals surface area contributed by atoms with E-state index in [1.807, 2.05) is 36.4 Å². The highest BCUT2D eigenvalue weighted by atomic mass is 15.2. The van der Waals surface area contributed by atoms with E-state index in [9.17, 15) is 0 Å². The van der Waals surface area contributed by atoms with Crippen LogP contribution in [0.5, 0.6) is 0 Å². The molecule has 0 unspecified atom stereocenters. The summed E-state index contributed by atoms with van der Waals surface area (Å²) >= 11 is 0. The fourth-order valence-corrected chi connectivity index (χ4v) is 4.04. The molecule has 0 bridgehead atoms. The molecule has 0 aliphatic carbocycles. The van der Waals surface area contributed by atoms with Crippen LogP contribution in [0.4, 0.5) is 0 Å². The van der Waals surface area contributed by atoms with Gasteiger partial charge in [0.05, 0.1) is 17.4 Å². The summed E-state index contributed by atoms with van der Waals surface area (Å²) in [5.41, 5.74) is 12.9. The summed E-state index contributed by atoms with van der Waals surface area (Å²) in [6.07, 6.45) is 6.58. The summed E-state index contributed by atoms with van der Waals surface area (Å²) in [4.78, 5) is 22.7. The smallest absolute Gasteiger partial charge is 0.201 e. The van der Waals surface area contributed by atoms with Gasteiger partial charge < -0.3 is 5.73 Å². The summed E-state index contributed by atoms with van der Waals surface area (Å²) in [5.74, 6) is 0.997. The van der Waals surface area contributed by atoms with E-state index in [2.05, 4.69) is 60.5 Å². The lowest BCUT2D eigenvalue weighted by atomic mass is 9.96. The minimum atomic E-state index is 0.458. The molecule has 2 aromatic carbocycles. The molecular formula is C27H20N8. The zero-order valence-electron chi connectivity index (χ0n) is 18.6. The molecule has 0 fully saturated rings. The molecule has 4 heterocycles. The summed E-state index contributed by atoms with van der Waals surface area (Å²) in [6, 6.07) is 22.4. The van der Waals surface area contributed by atoms with Crippen LogP contribution in [0.2, 0.25) is 0 Å². The highest BCUT2D eigenvalue weighted by molar-refractivity contribution is 5.97. The fraction of sp³-hybridized carbons (Fsp3) is 0.0370. The molecule has 6 rings (SSSR count). The molecule has 0 amide bonds. The Morgan fingerprint density at radius 3 is 2.40 bits per heavy atom. The second-order valence-corrected chi connectivity index (χ2v) is 7.98. The third-order valence-corrected chi connectivity index (χ3v) is 5.79. The Labute approximate surface area is 201 Å². The van der Waals surface area contributed by atoms with E-state index in [1.54, 1.807) is 24.8 Å². The van der Waals surface area contributed by atoms with Crippen molar-refractivity contribution in [2.45, 2.75) is 6.54 Å². The van der Waals surface area contributed by atoms with Crippen LogP contribution in [0.15, 0.2) is 91.5 Å². The molecule has 0 saturated carbocycles. The van der Waals surface area contributed by atoms with Crippen LogP contribution >= 0.6 is 0 Å². The number of aromatic amines is 1. The highest BCUT2D eigenvalue weighted by Crippen LogP contribution is 2.35. The van der Waals surface area contributed by atoms with Crippen LogP contribution in [0.1, 0.15) is 5.56 Å². The van der Waals surface area contributed by atoms with Crippen molar-refractivity contribution in [3.05, 3.63) is 97.1 Å². The van der Waals surface area contributed by atoms with Gasteiger partial charge in [-0.1, -0.05) is 54.6 Å². The first-order valence-corrected chi connectivity index (χ1v) is 11.1.